The van der Waals surface area contributed by atoms with E-state index in [0.29, 0.717) is 18.2 Å². The van der Waals surface area contributed by atoms with Crippen molar-refractivity contribution in [2.24, 2.45) is 0 Å². The maximum atomic E-state index is 13.7. The van der Waals surface area contributed by atoms with Crippen molar-refractivity contribution in [2.45, 2.75) is 12.6 Å². The summed E-state index contributed by atoms with van der Waals surface area (Å²) < 4.78 is 52.1. The van der Waals surface area contributed by atoms with Gasteiger partial charge in [0.05, 0.1) is 17.6 Å². The summed E-state index contributed by atoms with van der Waals surface area (Å²) in [6.07, 6.45) is 1.04. The van der Waals surface area contributed by atoms with Gasteiger partial charge in [0.25, 0.3) is 0 Å². The standard InChI is InChI=1S/C19H19F2NO3S/c1-22-10-17(18(22)13-5-3-12(11-23)4-6-13)19(26(2,24)25)14-7-15(20)9-16(21)8-14/h3-9,18,23H,10-11H2,1-2H3. The highest BCUT2D eigenvalue weighted by atomic mass is 32.2. The molecule has 4 nitrogen and oxygen atoms in total. The predicted molar refractivity (Wildman–Crippen MR) is 95.9 cm³/mol. The molecule has 0 radical (unpaired) electrons. The van der Waals surface area contributed by atoms with E-state index in [0.717, 1.165) is 29.5 Å². The number of likely N-dealkylation sites (tertiary alicyclic amines) is 1. The summed E-state index contributed by atoms with van der Waals surface area (Å²) in [6, 6.07) is 9.65. The lowest BCUT2D eigenvalue weighted by Crippen LogP contribution is -2.41. The molecule has 2 aromatic carbocycles. The van der Waals surface area contributed by atoms with E-state index in [9.17, 15) is 17.2 Å². The fourth-order valence-corrected chi connectivity index (χ4v) is 4.58. The maximum absolute atomic E-state index is 13.7. The monoisotopic (exact) mass is 379 g/mol. The van der Waals surface area contributed by atoms with Crippen LogP contribution in [-0.2, 0) is 16.4 Å². The molecule has 1 aliphatic rings. The Hall–Kier alpha value is -2.09. The number of benzene rings is 2. The van der Waals surface area contributed by atoms with Crippen LogP contribution in [-0.4, -0.2) is 38.3 Å². The summed E-state index contributed by atoms with van der Waals surface area (Å²) in [7, 11) is -1.86. The van der Waals surface area contributed by atoms with E-state index in [2.05, 4.69) is 0 Å². The Bertz CT molecular complexity index is 949. The number of aliphatic hydroxyl groups is 1. The number of hydrogen-bond acceptors (Lipinski definition) is 4. The largest absolute Gasteiger partial charge is 0.392 e. The van der Waals surface area contributed by atoms with Crippen LogP contribution in [0, 0.1) is 11.6 Å². The van der Waals surface area contributed by atoms with Crippen molar-refractivity contribution in [1.29, 1.82) is 0 Å². The summed E-state index contributed by atoms with van der Waals surface area (Å²) in [5.74, 6) is -1.64. The van der Waals surface area contributed by atoms with Crippen LogP contribution in [0.15, 0.2) is 48.0 Å². The number of aliphatic hydroxyl groups excluding tert-OH is 1. The third kappa shape index (κ3) is 3.56. The Morgan fingerprint density at radius 3 is 2.19 bits per heavy atom. The minimum absolute atomic E-state index is 0.0186. The minimum atomic E-state index is -3.71. The van der Waals surface area contributed by atoms with Crippen LogP contribution < -0.4 is 0 Å². The van der Waals surface area contributed by atoms with Gasteiger partial charge in [-0.3, -0.25) is 4.90 Å². The first-order chi connectivity index (χ1) is 12.2. The highest BCUT2D eigenvalue weighted by Crippen LogP contribution is 2.43. The van der Waals surface area contributed by atoms with E-state index in [-0.39, 0.29) is 23.1 Å². The molecule has 1 fully saturated rings. The molecule has 0 amide bonds. The molecule has 2 aromatic rings. The normalized spacial score (nSPS) is 20.0. The zero-order valence-electron chi connectivity index (χ0n) is 14.4. The molecule has 1 heterocycles. The van der Waals surface area contributed by atoms with Crippen molar-refractivity contribution in [3.8, 4) is 0 Å². The SMILES string of the molecule is CN1CC(=C(c2cc(F)cc(F)c2)S(C)(=O)=O)C1c1ccc(CO)cc1. The fourth-order valence-electron chi connectivity index (χ4n) is 3.38. The summed E-state index contributed by atoms with van der Waals surface area (Å²) in [5, 5.41) is 9.17. The molecule has 0 saturated carbocycles. The lowest BCUT2D eigenvalue weighted by Gasteiger charge is -2.42. The molecule has 1 aliphatic heterocycles. The highest BCUT2D eigenvalue weighted by Gasteiger charge is 2.37. The molecule has 1 atom stereocenters. The van der Waals surface area contributed by atoms with E-state index in [1.54, 1.807) is 12.1 Å². The third-order valence-electron chi connectivity index (χ3n) is 4.46. The van der Waals surface area contributed by atoms with Gasteiger partial charge in [-0.25, -0.2) is 17.2 Å². The molecule has 7 heteroatoms. The molecule has 1 N–H and O–H groups in total. The summed E-state index contributed by atoms with van der Waals surface area (Å²) in [4.78, 5) is 1.91. The third-order valence-corrected chi connectivity index (χ3v) is 5.70. The number of rotatable bonds is 4. The first-order valence-electron chi connectivity index (χ1n) is 8.00. The van der Waals surface area contributed by atoms with Crippen molar-refractivity contribution in [2.75, 3.05) is 19.8 Å². The lowest BCUT2D eigenvalue weighted by atomic mass is 9.87. The van der Waals surface area contributed by atoms with E-state index < -0.39 is 21.5 Å². The summed E-state index contributed by atoms with van der Waals surface area (Å²) in [5.41, 5.74) is 2.21. The van der Waals surface area contributed by atoms with Crippen LogP contribution in [0.4, 0.5) is 8.78 Å². The van der Waals surface area contributed by atoms with Gasteiger partial charge in [-0.1, -0.05) is 24.3 Å². The van der Waals surface area contributed by atoms with Gasteiger partial charge in [0, 0.05) is 18.9 Å². The van der Waals surface area contributed by atoms with Crippen molar-refractivity contribution in [3.63, 3.8) is 0 Å². The second-order valence-electron chi connectivity index (χ2n) is 6.50. The van der Waals surface area contributed by atoms with E-state index in [1.165, 1.54) is 0 Å². The number of hydrogen-bond donors (Lipinski definition) is 1. The lowest BCUT2D eigenvalue weighted by molar-refractivity contribution is 0.211. The van der Waals surface area contributed by atoms with E-state index in [1.807, 2.05) is 24.1 Å². The Morgan fingerprint density at radius 2 is 1.73 bits per heavy atom. The molecule has 3 rings (SSSR count). The number of likely N-dealkylation sites (N-methyl/N-ethyl adjacent to an activating group) is 1. The van der Waals surface area contributed by atoms with Crippen molar-refractivity contribution >= 4 is 14.7 Å². The van der Waals surface area contributed by atoms with E-state index in [4.69, 9.17) is 5.11 Å². The van der Waals surface area contributed by atoms with Crippen molar-refractivity contribution < 1.29 is 22.3 Å². The Balaban J connectivity index is 2.16. The minimum Gasteiger partial charge on any atom is -0.392 e. The predicted octanol–water partition coefficient (Wildman–Crippen LogP) is 2.90. The fraction of sp³-hybridized carbons (Fsp3) is 0.263. The molecule has 1 unspecified atom stereocenters. The average molecular weight is 379 g/mol. The highest BCUT2D eigenvalue weighted by molar-refractivity contribution is 8.00. The molecule has 0 aliphatic carbocycles. The van der Waals surface area contributed by atoms with Crippen LogP contribution in [0.25, 0.3) is 4.91 Å². The quantitative estimate of drug-likeness (QED) is 0.888. The van der Waals surface area contributed by atoms with Crippen molar-refractivity contribution in [3.05, 3.63) is 76.4 Å². The Morgan fingerprint density at radius 1 is 1.15 bits per heavy atom. The zero-order chi connectivity index (χ0) is 19.1. The van der Waals surface area contributed by atoms with Gasteiger partial charge in [-0.2, -0.15) is 0 Å². The number of sulfone groups is 1. The molecule has 1 saturated heterocycles. The van der Waals surface area contributed by atoms with Crippen LogP contribution in [0.3, 0.4) is 0 Å². The van der Waals surface area contributed by atoms with Gasteiger partial charge in [-0.15, -0.1) is 0 Å². The molecule has 26 heavy (non-hydrogen) atoms. The van der Waals surface area contributed by atoms with Gasteiger partial charge in [-0.05, 0) is 41.4 Å². The van der Waals surface area contributed by atoms with Gasteiger partial charge in [0.1, 0.15) is 11.6 Å². The van der Waals surface area contributed by atoms with Crippen LogP contribution in [0.2, 0.25) is 0 Å². The summed E-state index contributed by atoms with van der Waals surface area (Å²) in [6.45, 7) is 0.299. The average Bonchev–Trinajstić information content (AvgIpc) is 2.53. The zero-order valence-corrected chi connectivity index (χ0v) is 15.2. The smallest absolute Gasteiger partial charge is 0.176 e. The Labute approximate surface area is 151 Å². The van der Waals surface area contributed by atoms with Crippen LogP contribution >= 0.6 is 0 Å². The molecular weight excluding hydrogens is 360 g/mol. The van der Waals surface area contributed by atoms with Crippen molar-refractivity contribution in [1.82, 2.24) is 4.90 Å². The second kappa shape index (κ2) is 6.90. The second-order valence-corrected chi connectivity index (χ2v) is 8.45. The first-order valence-corrected chi connectivity index (χ1v) is 9.89. The van der Waals surface area contributed by atoms with Gasteiger partial charge >= 0.3 is 0 Å². The van der Waals surface area contributed by atoms with Crippen LogP contribution in [0.5, 0.6) is 0 Å². The van der Waals surface area contributed by atoms with Gasteiger partial charge in [0.2, 0.25) is 0 Å². The number of halogens is 2. The number of nitrogens with zero attached hydrogens (tertiary/aromatic N) is 1. The Kier molecular flexibility index (Phi) is 4.96. The molecule has 0 bridgehead atoms. The van der Waals surface area contributed by atoms with Gasteiger partial charge < -0.3 is 5.11 Å². The van der Waals surface area contributed by atoms with Gasteiger partial charge in [0.15, 0.2) is 9.84 Å². The molecular formula is C19H19F2NO3S. The molecule has 138 valence electrons. The van der Waals surface area contributed by atoms with Crippen LogP contribution in [0.1, 0.15) is 22.7 Å². The molecule has 0 aromatic heterocycles. The molecule has 0 spiro atoms. The topological polar surface area (TPSA) is 57.6 Å². The summed E-state index contributed by atoms with van der Waals surface area (Å²) >= 11 is 0. The first kappa shape index (κ1) is 18.7. The van der Waals surface area contributed by atoms with E-state index >= 15 is 0 Å². The maximum Gasteiger partial charge on any atom is 0.176 e.